The summed E-state index contributed by atoms with van der Waals surface area (Å²) in [6.07, 6.45) is 1.20. The quantitative estimate of drug-likeness (QED) is 0.670. The molecule has 0 aliphatic carbocycles. The second-order valence-electron chi connectivity index (χ2n) is 4.16. The molecule has 3 nitrogen and oxygen atoms in total. The fourth-order valence-electron chi connectivity index (χ4n) is 1.27. The number of carbonyl (C=O) groups is 1. The number of hydrogen-bond donors (Lipinski definition) is 1. The predicted molar refractivity (Wildman–Crippen MR) is 55.9 cm³/mol. The molecule has 0 saturated carbocycles. The molecule has 84 valence electrons. The smallest absolute Gasteiger partial charge is 0.334 e. The fourth-order valence-corrected chi connectivity index (χ4v) is 1.27. The Morgan fingerprint density at radius 1 is 1.29 bits per heavy atom. The SMILES string of the molecule is CCC(C)CC(C)COC(=O)C(C)O. The lowest BCUT2D eigenvalue weighted by Gasteiger charge is -2.16. The van der Waals surface area contributed by atoms with Crippen LogP contribution in [-0.4, -0.2) is 23.8 Å². The van der Waals surface area contributed by atoms with E-state index in [1.165, 1.54) is 6.92 Å². The molecule has 0 saturated heterocycles. The molecular formula is C11H22O3. The molecule has 0 radical (unpaired) electrons. The van der Waals surface area contributed by atoms with Crippen LogP contribution in [0.3, 0.4) is 0 Å². The summed E-state index contributed by atoms with van der Waals surface area (Å²) in [5.74, 6) is 0.504. The Labute approximate surface area is 86.5 Å². The zero-order valence-electron chi connectivity index (χ0n) is 9.62. The van der Waals surface area contributed by atoms with Crippen molar-refractivity contribution in [2.45, 2.75) is 46.6 Å². The van der Waals surface area contributed by atoms with Gasteiger partial charge in [-0.05, 0) is 25.2 Å². The van der Waals surface area contributed by atoms with Crippen LogP contribution in [0.15, 0.2) is 0 Å². The molecule has 0 aliphatic rings. The third kappa shape index (κ3) is 5.97. The van der Waals surface area contributed by atoms with E-state index in [0.29, 0.717) is 18.4 Å². The number of rotatable bonds is 6. The van der Waals surface area contributed by atoms with Gasteiger partial charge >= 0.3 is 5.97 Å². The molecular weight excluding hydrogens is 180 g/mol. The van der Waals surface area contributed by atoms with Gasteiger partial charge in [0.05, 0.1) is 6.61 Å². The number of hydrogen-bond acceptors (Lipinski definition) is 3. The van der Waals surface area contributed by atoms with Crippen LogP contribution in [0.25, 0.3) is 0 Å². The summed E-state index contributed by atoms with van der Waals surface area (Å²) in [5, 5.41) is 8.89. The number of carbonyl (C=O) groups excluding carboxylic acids is 1. The van der Waals surface area contributed by atoms with Crippen LogP contribution < -0.4 is 0 Å². The van der Waals surface area contributed by atoms with Gasteiger partial charge in [0, 0.05) is 0 Å². The molecule has 0 bridgehead atoms. The normalized spacial score (nSPS) is 17.2. The minimum absolute atomic E-state index is 0.368. The first-order valence-corrected chi connectivity index (χ1v) is 5.32. The summed E-state index contributed by atoms with van der Waals surface area (Å²) < 4.78 is 4.92. The summed E-state index contributed by atoms with van der Waals surface area (Å²) in [6.45, 7) is 8.23. The average molecular weight is 202 g/mol. The molecule has 0 aliphatic heterocycles. The van der Waals surface area contributed by atoms with Crippen molar-refractivity contribution in [3.8, 4) is 0 Å². The molecule has 0 rings (SSSR count). The Bertz CT molecular complexity index is 166. The fraction of sp³-hybridized carbons (Fsp3) is 0.909. The maximum Gasteiger partial charge on any atom is 0.334 e. The minimum atomic E-state index is -1.01. The number of esters is 1. The van der Waals surface area contributed by atoms with Crippen molar-refractivity contribution >= 4 is 5.97 Å². The van der Waals surface area contributed by atoms with E-state index in [1.54, 1.807) is 0 Å². The molecule has 3 heteroatoms. The van der Waals surface area contributed by atoms with E-state index in [-0.39, 0.29) is 0 Å². The first-order chi connectivity index (χ1) is 6.47. The zero-order chi connectivity index (χ0) is 11.1. The van der Waals surface area contributed by atoms with Gasteiger partial charge in [0.15, 0.2) is 0 Å². The minimum Gasteiger partial charge on any atom is -0.463 e. The monoisotopic (exact) mass is 202 g/mol. The maximum atomic E-state index is 10.9. The zero-order valence-corrected chi connectivity index (χ0v) is 9.62. The van der Waals surface area contributed by atoms with Gasteiger partial charge in [-0.15, -0.1) is 0 Å². The van der Waals surface area contributed by atoms with E-state index in [1.807, 2.05) is 0 Å². The highest BCUT2D eigenvalue weighted by molar-refractivity contribution is 5.73. The lowest BCUT2D eigenvalue weighted by molar-refractivity contribution is -0.153. The van der Waals surface area contributed by atoms with E-state index in [4.69, 9.17) is 9.84 Å². The lowest BCUT2D eigenvalue weighted by atomic mass is 9.96. The third-order valence-electron chi connectivity index (χ3n) is 2.35. The van der Waals surface area contributed by atoms with Crippen LogP contribution in [-0.2, 0) is 9.53 Å². The molecule has 3 atom stereocenters. The van der Waals surface area contributed by atoms with Crippen LogP contribution in [0.1, 0.15) is 40.5 Å². The van der Waals surface area contributed by atoms with Gasteiger partial charge in [-0.2, -0.15) is 0 Å². The van der Waals surface area contributed by atoms with E-state index in [0.717, 1.165) is 12.8 Å². The first-order valence-electron chi connectivity index (χ1n) is 5.32. The second-order valence-corrected chi connectivity index (χ2v) is 4.16. The topological polar surface area (TPSA) is 46.5 Å². The largest absolute Gasteiger partial charge is 0.463 e. The Morgan fingerprint density at radius 2 is 1.86 bits per heavy atom. The highest BCUT2D eigenvalue weighted by Gasteiger charge is 2.13. The summed E-state index contributed by atoms with van der Waals surface area (Å²) in [7, 11) is 0. The van der Waals surface area contributed by atoms with Gasteiger partial charge in [0.1, 0.15) is 6.10 Å². The summed E-state index contributed by atoms with van der Waals surface area (Å²) in [4.78, 5) is 10.9. The van der Waals surface area contributed by atoms with Crippen molar-refractivity contribution in [3.63, 3.8) is 0 Å². The summed E-state index contributed by atoms with van der Waals surface area (Å²) in [6, 6.07) is 0. The van der Waals surface area contributed by atoms with E-state index in [2.05, 4.69) is 20.8 Å². The lowest BCUT2D eigenvalue weighted by Crippen LogP contribution is -2.22. The van der Waals surface area contributed by atoms with E-state index >= 15 is 0 Å². The van der Waals surface area contributed by atoms with Crippen molar-refractivity contribution in [2.75, 3.05) is 6.61 Å². The van der Waals surface area contributed by atoms with E-state index in [9.17, 15) is 4.79 Å². The predicted octanol–water partition coefficient (Wildman–Crippen LogP) is 1.98. The van der Waals surface area contributed by atoms with Gasteiger partial charge in [-0.25, -0.2) is 4.79 Å². The molecule has 14 heavy (non-hydrogen) atoms. The molecule has 1 N–H and O–H groups in total. The summed E-state index contributed by atoms with van der Waals surface area (Å²) >= 11 is 0. The van der Waals surface area contributed by atoms with Crippen LogP contribution >= 0.6 is 0 Å². The van der Waals surface area contributed by atoms with Crippen LogP contribution in [0.5, 0.6) is 0 Å². The van der Waals surface area contributed by atoms with Gasteiger partial charge in [0.25, 0.3) is 0 Å². The molecule has 0 fully saturated rings. The molecule has 0 aromatic heterocycles. The average Bonchev–Trinajstić information content (AvgIpc) is 2.13. The molecule has 0 amide bonds. The van der Waals surface area contributed by atoms with Gasteiger partial charge in [-0.3, -0.25) is 0 Å². The van der Waals surface area contributed by atoms with Crippen LogP contribution in [0, 0.1) is 11.8 Å². The van der Waals surface area contributed by atoms with Crippen molar-refractivity contribution in [3.05, 3.63) is 0 Å². The van der Waals surface area contributed by atoms with Crippen molar-refractivity contribution in [2.24, 2.45) is 11.8 Å². The van der Waals surface area contributed by atoms with Gasteiger partial charge in [-0.1, -0.05) is 27.2 Å². The summed E-state index contributed by atoms with van der Waals surface area (Å²) in [5.41, 5.74) is 0. The van der Waals surface area contributed by atoms with Gasteiger partial charge in [0.2, 0.25) is 0 Å². The first kappa shape index (κ1) is 13.4. The Morgan fingerprint density at radius 3 is 2.29 bits per heavy atom. The molecule has 0 spiro atoms. The Kier molecular flexibility index (Phi) is 6.54. The van der Waals surface area contributed by atoms with Crippen molar-refractivity contribution in [1.82, 2.24) is 0 Å². The maximum absolute atomic E-state index is 10.9. The number of aliphatic hydroxyl groups excluding tert-OH is 1. The standard InChI is InChI=1S/C11H22O3/c1-5-8(2)6-9(3)7-14-11(13)10(4)12/h8-10,12H,5-7H2,1-4H3. The van der Waals surface area contributed by atoms with Crippen molar-refractivity contribution < 1.29 is 14.6 Å². The number of aliphatic hydroxyl groups is 1. The highest BCUT2D eigenvalue weighted by atomic mass is 16.5. The third-order valence-corrected chi connectivity index (χ3v) is 2.35. The second kappa shape index (κ2) is 6.82. The Balaban J connectivity index is 3.63. The highest BCUT2D eigenvalue weighted by Crippen LogP contribution is 2.14. The molecule has 3 unspecified atom stereocenters. The molecule has 0 aromatic carbocycles. The molecule has 0 heterocycles. The Hall–Kier alpha value is -0.570. The van der Waals surface area contributed by atoms with Crippen molar-refractivity contribution in [1.29, 1.82) is 0 Å². The van der Waals surface area contributed by atoms with E-state index < -0.39 is 12.1 Å². The van der Waals surface area contributed by atoms with Gasteiger partial charge < -0.3 is 9.84 Å². The molecule has 0 aromatic rings. The van der Waals surface area contributed by atoms with Crippen LogP contribution in [0.4, 0.5) is 0 Å². The van der Waals surface area contributed by atoms with Crippen LogP contribution in [0.2, 0.25) is 0 Å². The number of ether oxygens (including phenoxy) is 1.